The van der Waals surface area contributed by atoms with Crippen LogP contribution in [0, 0.1) is 6.92 Å². The molecule has 3 N–H and O–H groups in total. The van der Waals surface area contributed by atoms with Crippen LogP contribution in [0.15, 0.2) is 109 Å². The third-order valence-corrected chi connectivity index (χ3v) is 6.29. The lowest BCUT2D eigenvalue weighted by Gasteiger charge is -2.20. The van der Waals surface area contributed by atoms with Crippen LogP contribution in [0.4, 0.5) is 5.82 Å². The Labute approximate surface area is 215 Å². The van der Waals surface area contributed by atoms with Crippen molar-refractivity contribution in [3.8, 4) is 16.9 Å². The predicted molar refractivity (Wildman–Crippen MR) is 145 cm³/mol. The molecule has 0 fully saturated rings. The van der Waals surface area contributed by atoms with Crippen molar-refractivity contribution < 1.29 is 4.79 Å². The van der Waals surface area contributed by atoms with Gasteiger partial charge < -0.3 is 11.1 Å². The van der Waals surface area contributed by atoms with Crippen molar-refractivity contribution in [2.24, 2.45) is 0 Å². The second-order valence-corrected chi connectivity index (χ2v) is 9.09. The number of carbonyl (C=O) groups is 1. The van der Waals surface area contributed by atoms with Gasteiger partial charge in [0.2, 0.25) is 0 Å². The van der Waals surface area contributed by atoms with Gasteiger partial charge in [-0.2, -0.15) is 5.10 Å². The van der Waals surface area contributed by atoms with E-state index < -0.39 is 0 Å². The van der Waals surface area contributed by atoms with E-state index in [1.165, 1.54) is 0 Å². The van der Waals surface area contributed by atoms with Crippen molar-refractivity contribution in [2.75, 3.05) is 5.73 Å². The van der Waals surface area contributed by atoms with Gasteiger partial charge in [0.05, 0.1) is 17.4 Å². The number of halogens is 1. The lowest BCUT2D eigenvalue weighted by molar-refractivity contribution is 0.0943. The van der Waals surface area contributed by atoms with Gasteiger partial charge in [-0.05, 0) is 60.5 Å². The zero-order valence-electron chi connectivity index (χ0n) is 19.7. The minimum Gasteiger partial charge on any atom is -0.384 e. The minimum absolute atomic E-state index is 0.181. The number of rotatable bonds is 6. The normalized spacial score (nSPS) is 11.7. The fourth-order valence-electron chi connectivity index (χ4n) is 4.18. The average molecular weight is 493 g/mol. The number of aryl methyl sites for hydroxylation is 1. The fraction of sp³-hybridized carbons (Fsp3) is 0.0667. The topological polar surface area (TPSA) is 72.9 Å². The Balaban J connectivity index is 1.38. The van der Waals surface area contributed by atoms with Gasteiger partial charge in [0.1, 0.15) is 5.82 Å². The zero-order chi connectivity index (χ0) is 25.1. The molecular weight excluding hydrogens is 468 g/mol. The van der Waals surface area contributed by atoms with Crippen molar-refractivity contribution >= 4 is 23.3 Å². The fourth-order valence-corrected chi connectivity index (χ4v) is 4.30. The minimum atomic E-state index is -0.311. The van der Waals surface area contributed by atoms with Gasteiger partial charge in [0.25, 0.3) is 5.91 Å². The van der Waals surface area contributed by atoms with E-state index in [1.807, 2.05) is 97.9 Å². The van der Waals surface area contributed by atoms with Crippen LogP contribution in [0.5, 0.6) is 0 Å². The van der Waals surface area contributed by atoms with Crippen LogP contribution < -0.4 is 11.1 Å². The van der Waals surface area contributed by atoms with E-state index in [9.17, 15) is 4.79 Å². The van der Waals surface area contributed by atoms with Crippen LogP contribution in [0.3, 0.4) is 0 Å². The van der Waals surface area contributed by atoms with Crippen molar-refractivity contribution in [3.05, 3.63) is 136 Å². The number of nitrogens with two attached hydrogens (primary N) is 1. The Kier molecular flexibility index (Phi) is 6.56. The molecule has 1 heterocycles. The number of hydrogen-bond acceptors (Lipinski definition) is 3. The number of carbonyl (C=O) groups excluding carboxylic acids is 1. The Morgan fingerprint density at radius 3 is 2.25 bits per heavy atom. The summed E-state index contributed by atoms with van der Waals surface area (Å²) in [6.07, 6.45) is 0. The maximum absolute atomic E-state index is 13.2. The molecule has 1 unspecified atom stereocenters. The molecule has 1 amide bonds. The summed E-state index contributed by atoms with van der Waals surface area (Å²) in [7, 11) is 0. The number of hydrogen-bond donors (Lipinski definition) is 2. The number of nitrogens with zero attached hydrogens (tertiary/aromatic N) is 2. The number of anilines is 1. The van der Waals surface area contributed by atoms with E-state index in [4.69, 9.17) is 17.3 Å². The Hall–Kier alpha value is -4.35. The first kappa shape index (κ1) is 23.4. The monoisotopic (exact) mass is 492 g/mol. The van der Waals surface area contributed by atoms with E-state index >= 15 is 0 Å². The molecular formula is C30H25ClN4O. The number of amides is 1. The summed E-state index contributed by atoms with van der Waals surface area (Å²) in [6.45, 7) is 2.04. The van der Waals surface area contributed by atoms with Crippen LogP contribution >= 0.6 is 11.6 Å². The van der Waals surface area contributed by atoms with Crippen molar-refractivity contribution in [1.29, 1.82) is 0 Å². The van der Waals surface area contributed by atoms with Crippen LogP contribution in [-0.2, 0) is 0 Å². The van der Waals surface area contributed by atoms with Gasteiger partial charge in [-0.1, -0.05) is 77.8 Å². The quantitative estimate of drug-likeness (QED) is 0.280. The highest BCUT2D eigenvalue weighted by atomic mass is 35.5. The molecule has 178 valence electrons. The third kappa shape index (κ3) is 5.02. The molecule has 0 spiro atoms. The van der Waals surface area contributed by atoms with Crippen molar-refractivity contribution in [1.82, 2.24) is 15.1 Å². The SMILES string of the molecule is Cc1cccc(-c2cc(N)n(-c3ccc(C(=O)NC(c4ccccc4)c4ccc(Cl)cc4)cc3)n2)c1. The number of nitrogens with one attached hydrogen (secondary N) is 1. The highest BCUT2D eigenvalue weighted by Gasteiger charge is 2.18. The number of nitrogen functional groups attached to an aromatic ring is 1. The lowest BCUT2D eigenvalue weighted by Crippen LogP contribution is -2.29. The highest BCUT2D eigenvalue weighted by Crippen LogP contribution is 2.26. The van der Waals surface area contributed by atoms with Crippen LogP contribution in [0.25, 0.3) is 16.9 Å². The van der Waals surface area contributed by atoms with E-state index in [2.05, 4.69) is 16.5 Å². The molecule has 0 radical (unpaired) electrons. The molecule has 0 bridgehead atoms. The van der Waals surface area contributed by atoms with Crippen LogP contribution in [0.1, 0.15) is 33.1 Å². The lowest BCUT2D eigenvalue weighted by atomic mass is 9.98. The predicted octanol–water partition coefficient (Wildman–Crippen LogP) is 6.60. The molecule has 5 aromatic rings. The Morgan fingerprint density at radius 1 is 0.861 bits per heavy atom. The van der Waals surface area contributed by atoms with E-state index in [0.29, 0.717) is 16.4 Å². The molecule has 6 heteroatoms. The van der Waals surface area contributed by atoms with Gasteiger partial charge in [-0.3, -0.25) is 4.79 Å². The molecule has 5 nitrogen and oxygen atoms in total. The molecule has 0 aliphatic heterocycles. The molecule has 0 aliphatic rings. The average Bonchev–Trinajstić information content (AvgIpc) is 3.30. The standard InChI is InChI=1S/C30H25ClN4O/c1-20-6-5-9-24(18-20)27-19-28(32)35(34-27)26-16-12-23(13-17-26)30(36)33-29(21-7-3-2-4-8-21)22-10-14-25(31)15-11-22/h2-19,29H,32H2,1H3,(H,33,36). The first-order valence-electron chi connectivity index (χ1n) is 11.6. The van der Waals surface area contributed by atoms with Gasteiger partial charge in [-0.25, -0.2) is 4.68 Å². The molecule has 4 aromatic carbocycles. The molecule has 0 saturated heterocycles. The Bertz CT molecular complexity index is 1490. The first-order chi connectivity index (χ1) is 17.5. The maximum atomic E-state index is 13.2. The summed E-state index contributed by atoms with van der Waals surface area (Å²) in [4.78, 5) is 13.2. The summed E-state index contributed by atoms with van der Waals surface area (Å²) in [5, 5.41) is 8.49. The molecule has 36 heavy (non-hydrogen) atoms. The summed E-state index contributed by atoms with van der Waals surface area (Å²) in [6, 6.07) is 34.3. The van der Waals surface area contributed by atoms with Crippen LogP contribution in [0.2, 0.25) is 5.02 Å². The largest absolute Gasteiger partial charge is 0.384 e. The zero-order valence-corrected chi connectivity index (χ0v) is 20.5. The molecule has 0 saturated carbocycles. The van der Waals surface area contributed by atoms with Gasteiger partial charge in [-0.15, -0.1) is 0 Å². The summed E-state index contributed by atoms with van der Waals surface area (Å²) in [5.41, 5.74) is 12.5. The smallest absolute Gasteiger partial charge is 0.252 e. The van der Waals surface area contributed by atoms with Gasteiger partial charge >= 0.3 is 0 Å². The van der Waals surface area contributed by atoms with Crippen LogP contribution in [-0.4, -0.2) is 15.7 Å². The maximum Gasteiger partial charge on any atom is 0.252 e. The third-order valence-electron chi connectivity index (χ3n) is 6.04. The summed E-state index contributed by atoms with van der Waals surface area (Å²) < 4.78 is 1.68. The summed E-state index contributed by atoms with van der Waals surface area (Å²) in [5.74, 6) is 0.342. The first-order valence-corrected chi connectivity index (χ1v) is 12.0. The second-order valence-electron chi connectivity index (χ2n) is 8.65. The highest BCUT2D eigenvalue weighted by molar-refractivity contribution is 6.30. The summed E-state index contributed by atoms with van der Waals surface area (Å²) >= 11 is 6.08. The molecule has 1 atom stereocenters. The molecule has 5 rings (SSSR count). The molecule has 0 aliphatic carbocycles. The van der Waals surface area contributed by atoms with Gasteiger partial charge in [0, 0.05) is 22.2 Å². The second kappa shape index (κ2) is 10.1. The Morgan fingerprint density at radius 2 is 1.56 bits per heavy atom. The van der Waals surface area contributed by atoms with Crippen molar-refractivity contribution in [2.45, 2.75) is 13.0 Å². The number of aromatic nitrogens is 2. The van der Waals surface area contributed by atoms with Gasteiger partial charge in [0.15, 0.2) is 0 Å². The van der Waals surface area contributed by atoms with E-state index in [1.54, 1.807) is 16.8 Å². The molecule has 1 aromatic heterocycles. The van der Waals surface area contributed by atoms with Crippen molar-refractivity contribution in [3.63, 3.8) is 0 Å². The number of benzene rings is 4. The van der Waals surface area contributed by atoms with E-state index in [-0.39, 0.29) is 11.9 Å². The van der Waals surface area contributed by atoms with E-state index in [0.717, 1.165) is 33.6 Å².